The molecule has 0 aromatic heterocycles. The first-order valence-corrected chi connectivity index (χ1v) is 4.16. The van der Waals surface area contributed by atoms with Gasteiger partial charge in [0.05, 0.1) is 5.69 Å². The molecule has 0 saturated carbocycles. The molecule has 1 aromatic carbocycles. The minimum Gasteiger partial charge on any atom is -0.323 e. The van der Waals surface area contributed by atoms with Crippen molar-refractivity contribution in [2.75, 3.05) is 5.43 Å². The molecule has 72 valence electrons. The van der Waals surface area contributed by atoms with Gasteiger partial charge in [-0.15, -0.1) is 0 Å². The number of hydrazine groups is 1. The predicted octanol–water partition coefficient (Wildman–Crippen LogP) is 2.58. The summed E-state index contributed by atoms with van der Waals surface area (Å²) in [5.74, 6) is 5.04. The summed E-state index contributed by atoms with van der Waals surface area (Å²) in [5.41, 5.74) is -1.82. The Labute approximate surface area is 77.3 Å². The largest absolute Gasteiger partial charge is 0.446 e. The van der Waals surface area contributed by atoms with Crippen molar-refractivity contribution in [2.45, 2.75) is 10.4 Å². The summed E-state index contributed by atoms with van der Waals surface area (Å²) >= 11 is -0.191. The standard InChI is InChI=1S/C7H7F3N2S/c8-7(9,10)13-6-4-2-1-3-5(6)12-11/h1-4,12H,11H2. The summed E-state index contributed by atoms with van der Waals surface area (Å²) in [7, 11) is 0. The fourth-order valence-corrected chi connectivity index (χ4v) is 1.43. The molecule has 2 nitrogen and oxygen atoms in total. The van der Waals surface area contributed by atoms with Crippen molar-refractivity contribution in [1.82, 2.24) is 0 Å². The third-order valence-electron chi connectivity index (χ3n) is 1.27. The highest BCUT2D eigenvalue weighted by Gasteiger charge is 2.30. The summed E-state index contributed by atoms with van der Waals surface area (Å²) in [6.07, 6.45) is 0. The van der Waals surface area contributed by atoms with Crippen molar-refractivity contribution >= 4 is 17.4 Å². The molecular weight excluding hydrogens is 201 g/mol. The smallest absolute Gasteiger partial charge is 0.323 e. The highest BCUT2D eigenvalue weighted by Crippen LogP contribution is 2.39. The number of halogens is 3. The molecule has 6 heteroatoms. The van der Waals surface area contributed by atoms with Gasteiger partial charge in [0.1, 0.15) is 0 Å². The molecule has 0 aliphatic heterocycles. The molecule has 0 spiro atoms. The highest BCUT2D eigenvalue weighted by molar-refractivity contribution is 8.00. The van der Waals surface area contributed by atoms with E-state index < -0.39 is 5.51 Å². The van der Waals surface area contributed by atoms with Crippen molar-refractivity contribution in [1.29, 1.82) is 0 Å². The van der Waals surface area contributed by atoms with Crippen LogP contribution in [0.3, 0.4) is 0 Å². The molecule has 0 aliphatic rings. The van der Waals surface area contributed by atoms with Crippen LogP contribution in [0, 0.1) is 0 Å². The quantitative estimate of drug-likeness (QED) is 0.445. The van der Waals surface area contributed by atoms with Crippen LogP contribution in [0.25, 0.3) is 0 Å². The van der Waals surface area contributed by atoms with Crippen molar-refractivity contribution in [3.05, 3.63) is 24.3 Å². The predicted molar refractivity (Wildman–Crippen MR) is 46.2 cm³/mol. The lowest BCUT2D eigenvalue weighted by atomic mass is 10.3. The maximum Gasteiger partial charge on any atom is 0.446 e. The molecule has 0 unspecified atom stereocenters. The van der Waals surface area contributed by atoms with Gasteiger partial charge < -0.3 is 5.43 Å². The maximum atomic E-state index is 12.0. The Morgan fingerprint density at radius 3 is 2.38 bits per heavy atom. The van der Waals surface area contributed by atoms with Crippen LogP contribution >= 0.6 is 11.8 Å². The van der Waals surface area contributed by atoms with Gasteiger partial charge >= 0.3 is 5.51 Å². The number of rotatable bonds is 2. The zero-order chi connectivity index (χ0) is 9.90. The van der Waals surface area contributed by atoms with E-state index in [1.165, 1.54) is 18.2 Å². The average Bonchev–Trinajstić information content (AvgIpc) is 2.02. The van der Waals surface area contributed by atoms with Crippen LogP contribution in [0.4, 0.5) is 18.9 Å². The van der Waals surface area contributed by atoms with E-state index in [0.717, 1.165) is 0 Å². The molecule has 0 bridgehead atoms. The fraction of sp³-hybridized carbons (Fsp3) is 0.143. The number of alkyl halides is 3. The van der Waals surface area contributed by atoms with Gasteiger partial charge in [-0.05, 0) is 23.9 Å². The minimum absolute atomic E-state index is 0.0671. The number of hydrogen-bond acceptors (Lipinski definition) is 3. The zero-order valence-electron chi connectivity index (χ0n) is 6.43. The van der Waals surface area contributed by atoms with E-state index in [9.17, 15) is 13.2 Å². The van der Waals surface area contributed by atoms with E-state index >= 15 is 0 Å². The number of nitrogens with two attached hydrogens (primary N) is 1. The molecule has 1 rings (SSSR count). The van der Waals surface area contributed by atoms with Crippen molar-refractivity contribution in [2.24, 2.45) is 5.84 Å². The lowest BCUT2D eigenvalue weighted by Crippen LogP contribution is -2.09. The number of nitrogens with one attached hydrogen (secondary N) is 1. The molecule has 0 aliphatic carbocycles. The summed E-state index contributed by atoms with van der Waals surface area (Å²) in [5, 5.41) is 0. The first-order valence-electron chi connectivity index (χ1n) is 3.34. The SMILES string of the molecule is NNc1ccccc1SC(F)(F)F. The second kappa shape index (κ2) is 3.89. The van der Waals surface area contributed by atoms with Crippen molar-refractivity contribution < 1.29 is 13.2 Å². The van der Waals surface area contributed by atoms with Crippen LogP contribution in [0.15, 0.2) is 29.2 Å². The Bertz CT molecular complexity index is 287. The van der Waals surface area contributed by atoms with Crippen LogP contribution in [0.5, 0.6) is 0 Å². The second-order valence-electron chi connectivity index (χ2n) is 2.19. The van der Waals surface area contributed by atoms with Crippen LogP contribution in [-0.2, 0) is 0 Å². The maximum absolute atomic E-state index is 12.0. The average molecular weight is 208 g/mol. The van der Waals surface area contributed by atoms with Gasteiger partial charge in [0.25, 0.3) is 0 Å². The number of thioether (sulfide) groups is 1. The molecule has 13 heavy (non-hydrogen) atoms. The van der Waals surface area contributed by atoms with Gasteiger partial charge in [-0.1, -0.05) is 12.1 Å². The normalized spacial score (nSPS) is 11.4. The number of benzene rings is 1. The van der Waals surface area contributed by atoms with Crippen LogP contribution in [-0.4, -0.2) is 5.51 Å². The minimum atomic E-state index is -4.28. The third-order valence-corrected chi connectivity index (χ3v) is 2.08. The number of hydrogen-bond donors (Lipinski definition) is 2. The monoisotopic (exact) mass is 208 g/mol. The van der Waals surface area contributed by atoms with Gasteiger partial charge in [0, 0.05) is 4.90 Å². The third kappa shape index (κ3) is 3.16. The Morgan fingerprint density at radius 2 is 1.85 bits per heavy atom. The highest BCUT2D eigenvalue weighted by atomic mass is 32.2. The van der Waals surface area contributed by atoms with Gasteiger partial charge in [-0.2, -0.15) is 13.2 Å². The van der Waals surface area contributed by atoms with Crippen LogP contribution < -0.4 is 11.3 Å². The Kier molecular flexibility index (Phi) is 3.05. The molecule has 0 saturated heterocycles. The first-order chi connectivity index (χ1) is 6.03. The van der Waals surface area contributed by atoms with E-state index in [1.54, 1.807) is 6.07 Å². The lowest BCUT2D eigenvalue weighted by molar-refractivity contribution is -0.0327. The van der Waals surface area contributed by atoms with Gasteiger partial charge in [-0.25, -0.2) is 0 Å². The number of para-hydroxylation sites is 1. The fourth-order valence-electron chi connectivity index (χ4n) is 0.800. The Morgan fingerprint density at radius 1 is 1.23 bits per heavy atom. The molecule has 0 heterocycles. The first kappa shape index (κ1) is 10.2. The Balaban J connectivity index is 2.87. The van der Waals surface area contributed by atoms with E-state index in [2.05, 4.69) is 5.43 Å². The van der Waals surface area contributed by atoms with Crippen molar-refractivity contribution in [3.63, 3.8) is 0 Å². The van der Waals surface area contributed by atoms with E-state index in [0.29, 0.717) is 0 Å². The second-order valence-corrected chi connectivity index (χ2v) is 3.30. The molecule has 0 fully saturated rings. The van der Waals surface area contributed by atoms with E-state index in [4.69, 9.17) is 5.84 Å². The number of anilines is 1. The van der Waals surface area contributed by atoms with Gasteiger partial charge in [0.15, 0.2) is 0 Å². The molecular formula is C7H7F3N2S. The van der Waals surface area contributed by atoms with Crippen LogP contribution in [0.1, 0.15) is 0 Å². The molecule has 1 aromatic rings. The summed E-state index contributed by atoms with van der Waals surface area (Å²) in [6, 6.07) is 5.96. The zero-order valence-corrected chi connectivity index (χ0v) is 7.25. The van der Waals surface area contributed by atoms with E-state index in [1.807, 2.05) is 0 Å². The van der Waals surface area contributed by atoms with Gasteiger partial charge in [0.2, 0.25) is 0 Å². The topological polar surface area (TPSA) is 38.0 Å². The molecule has 0 atom stereocenters. The lowest BCUT2D eigenvalue weighted by Gasteiger charge is -2.09. The molecule has 0 amide bonds. The molecule has 0 radical (unpaired) electrons. The summed E-state index contributed by atoms with van der Waals surface area (Å²) < 4.78 is 35.9. The van der Waals surface area contributed by atoms with Crippen molar-refractivity contribution in [3.8, 4) is 0 Å². The van der Waals surface area contributed by atoms with Crippen LogP contribution in [0.2, 0.25) is 0 Å². The summed E-state index contributed by atoms with van der Waals surface area (Å²) in [6.45, 7) is 0. The molecule has 3 N–H and O–H groups in total. The number of nitrogen functional groups attached to an aromatic ring is 1. The summed E-state index contributed by atoms with van der Waals surface area (Å²) in [4.78, 5) is 0.0671. The Hall–Kier alpha value is -0.880. The van der Waals surface area contributed by atoms with E-state index in [-0.39, 0.29) is 22.3 Å². The van der Waals surface area contributed by atoms with Gasteiger partial charge in [-0.3, -0.25) is 5.84 Å².